The summed E-state index contributed by atoms with van der Waals surface area (Å²) in [6, 6.07) is 11.2. The van der Waals surface area contributed by atoms with Crippen LogP contribution in [0.4, 0.5) is 5.69 Å². The lowest BCUT2D eigenvalue weighted by Crippen LogP contribution is -2.08. The summed E-state index contributed by atoms with van der Waals surface area (Å²) in [7, 11) is 3.22. The Labute approximate surface area is 136 Å². The molecule has 0 atom stereocenters. The van der Waals surface area contributed by atoms with E-state index in [9.17, 15) is 4.79 Å². The molecule has 0 fully saturated rings. The van der Waals surface area contributed by atoms with Crippen molar-refractivity contribution in [2.75, 3.05) is 19.5 Å². The van der Waals surface area contributed by atoms with Crippen molar-refractivity contribution >= 4 is 17.7 Å². The number of amides is 1. The first-order valence-corrected chi connectivity index (χ1v) is 7.32. The van der Waals surface area contributed by atoms with Gasteiger partial charge in [-0.2, -0.15) is 0 Å². The maximum absolute atomic E-state index is 12.1. The Morgan fingerprint density at radius 2 is 1.70 bits per heavy atom. The number of nitrogens with one attached hydrogen (secondary N) is 1. The van der Waals surface area contributed by atoms with E-state index in [1.165, 1.54) is 6.08 Å². The molecule has 0 aliphatic rings. The Morgan fingerprint density at radius 3 is 2.30 bits per heavy atom. The van der Waals surface area contributed by atoms with Gasteiger partial charge in [-0.15, -0.1) is 0 Å². The second-order valence-electron chi connectivity index (χ2n) is 5.20. The maximum atomic E-state index is 12.1. The van der Waals surface area contributed by atoms with Crippen LogP contribution in [0.25, 0.3) is 6.08 Å². The first-order chi connectivity index (χ1) is 11.0. The predicted octanol–water partition coefficient (Wildman–Crippen LogP) is 3.97. The highest BCUT2D eigenvalue weighted by Crippen LogP contribution is 2.24. The van der Waals surface area contributed by atoms with Gasteiger partial charge in [-0.25, -0.2) is 0 Å². The Hall–Kier alpha value is -2.75. The molecule has 23 heavy (non-hydrogen) atoms. The van der Waals surface area contributed by atoms with Crippen molar-refractivity contribution in [1.82, 2.24) is 0 Å². The third-order valence-electron chi connectivity index (χ3n) is 3.57. The van der Waals surface area contributed by atoms with Crippen LogP contribution < -0.4 is 14.8 Å². The zero-order valence-electron chi connectivity index (χ0n) is 13.8. The molecular weight excluding hydrogens is 290 g/mol. The summed E-state index contributed by atoms with van der Waals surface area (Å²) < 4.78 is 10.5. The molecule has 0 saturated heterocycles. The van der Waals surface area contributed by atoms with E-state index in [0.717, 1.165) is 22.4 Å². The monoisotopic (exact) mass is 311 g/mol. The van der Waals surface area contributed by atoms with E-state index in [4.69, 9.17) is 9.47 Å². The lowest BCUT2D eigenvalue weighted by Gasteiger charge is -2.09. The fourth-order valence-corrected chi connectivity index (χ4v) is 2.40. The standard InChI is InChI=1S/C19H21NO3/c1-13-11-15(22-3)12-14(2)16(13)9-10-19(21)20-17-7-5-6-8-18(17)23-4/h5-12H,1-4H3,(H,20,21)/b10-9+. The molecule has 1 N–H and O–H groups in total. The molecule has 0 spiro atoms. The minimum atomic E-state index is -0.205. The molecule has 0 unspecified atom stereocenters. The molecule has 0 saturated carbocycles. The van der Waals surface area contributed by atoms with E-state index in [-0.39, 0.29) is 5.91 Å². The molecule has 2 aromatic rings. The van der Waals surface area contributed by atoms with Crippen LogP contribution in [0.3, 0.4) is 0 Å². The Bertz CT molecular complexity index is 712. The molecule has 2 aromatic carbocycles. The second kappa shape index (κ2) is 7.49. The lowest BCUT2D eigenvalue weighted by atomic mass is 10.0. The van der Waals surface area contributed by atoms with Crippen LogP contribution in [-0.4, -0.2) is 20.1 Å². The Kier molecular flexibility index (Phi) is 5.41. The van der Waals surface area contributed by atoms with E-state index < -0.39 is 0 Å². The van der Waals surface area contributed by atoms with E-state index in [2.05, 4.69) is 5.32 Å². The number of ether oxygens (including phenoxy) is 2. The molecule has 0 heterocycles. The average Bonchev–Trinajstić information content (AvgIpc) is 2.54. The van der Waals surface area contributed by atoms with Crippen molar-refractivity contribution in [2.45, 2.75) is 13.8 Å². The minimum absolute atomic E-state index is 0.205. The smallest absolute Gasteiger partial charge is 0.248 e. The molecule has 2 rings (SSSR count). The van der Waals surface area contributed by atoms with E-state index >= 15 is 0 Å². The number of anilines is 1. The Balaban J connectivity index is 2.16. The number of para-hydroxylation sites is 2. The van der Waals surface area contributed by atoms with Crippen molar-refractivity contribution in [3.8, 4) is 11.5 Å². The highest BCUT2D eigenvalue weighted by atomic mass is 16.5. The largest absolute Gasteiger partial charge is 0.497 e. The van der Waals surface area contributed by atoms with Crippen LogP contribution in [-0.2, 0) is 4.79 Å². The number of hydrogen-bond donors (Lipinski definition) is 1. The average molecular weight is 311 g/mol. The predicted molar refractivity (Wildman–Crippen MR) is 93.1 cm³/mol. The highest BCUT2D eigenvalue weighted by Gasteiger charge is 2.06. The highest BCUT2D eigenvalue weighted by molar-refractivity contribution is 6.02. The van der Waals surface area contributed by atoms with Gasteiger partial charge in [-0.05, 0) is 60.9 Å². The van der Waals surface area contributed by atoms with Crippen molar-refractivity contribution in [1.29, 1.82) is 0 Å². The summed E-state index contributed by atoms with van der Waals surface area (Å²) >= 11 is 0. The number of carbonyl (C=O) groups excluding carboxylic acids is 1. The van der Waals surface area contributed by atoms with Gasteiger partial charge in [-0.1, -0.05) is 12.1 Å². The molecule has 4 heteroatoms. The topological polar surface area (TPSA) is 47.6 Å². The van der Waals surface area contributed by atoms with E-state index in [0.29, 0.717) is 11.4 Å². The molecule has 0 bridgehead atoms. The number of carbonyl (C=O) groups is 1. The van der Waals surface area contributed by atoms with Crippen molar-refractivity contribution in [3.63, 3.8) is 0 Å². The maximum Gasteiger partial charge on any atom is 0.248 e. The van der Waals surface area contributed by atoms with Crippen molar-refractivity contribution in [3.05, 3.63) is 59.2 Å². The number of aryl methyl sites for hydroxylation is 2. The van der Waals surface area contributed by atoms with Crippen LogP contribution >= 0.6 is 0 Å². The number of hydrogen-bond acceptors (Lipinski definition) is 3. The van der Waals surface area contributed by atoms with Crippen LogP contribution in [0.2, 0.25) is 0 Å². The van der Waals surface area contributed by atoms with Gasteiger partial charge in [-0.3, -0.25) is 4.79 Å². The van der Waals surface area contributed by atoms with Crippen LogP contribution in [0.15, 0.2) is 42.5 Å². The molecule has 4 nitrogen and oxygen atoms in total. The summed E-state index contributed by atoms with van der Waals surface area (Å²) in [5.74, 6) is 1.24. The normalized spacial score (nSPS) is 10.6. The number of benzene rings is 2. The van der Waals surface area contributed by atoms with Crippen LogP contribution in [0.5, 0.6) is 11.5 Å². The van der Waals surface area contributed by atoms with Crippen LogP contribution in [0.1, 0.15) is 16.7 Å². The Morgan fingerprint density at radius 1 is 1.04 bits per heavy atom. The quantitative estimate of drug-likeness (QED) is 0.850. The summed E-state index contributed by atoms with van der Waals surface area (Å²) in [4.78, 5) is 12.1. The van der Waals surface area contributed by atoms with Gasteiger partial charge in [0.1, 0.15) is 11.5 Å². The first-order valence-electron chi connectivity index (χ1n) is 7.32. The van der Waals surface area contributed by atoms with Gasteiger partial charge in [0.05, 0.1) is 19.9 Å². The van der Waals surface area contributed by atoms with Gasteiger partial charge in [0.25, 0.3) is 0 Å². The minimum Gasteiger partial charge on any atom is -0.497 e. The van der Waals surface area contributed by atoms with Gasteiger partial charge < -0.3 is 14.8 Å². The third kappa shape index (κ3) is 4.13. The number of methoxy groups -OCH3 is 2. The zero-order chi connectivity index (χ0) is 16.8. The molecule has 0 aliphatic heterocycles. The van der Waals surface area contributed by atoms with Gasteiger partial charge >= 0.3 is 0 Å². The van der Waals surface area contributed by atoms with E-state index in [1.54, 1.807) is 26.4 Å². The fraction of sp³-hybridized carbons (Fsp3) is 0.211. The lowest BCUT2D eigenvalue weighted by molar-refractivity contribution is -0.111. The molecule has 0 radical (unpaired) electrons. The molecule has 0 aromatic heterocycles. The van der Waals surface area contributed by atoms with Gasteiger partial charge in [0.15, 0.2) is 0 Å². The summed E-state index contributed by atoms with van der Waals surface area (Å²) in [6.45, 7) is 3.99. The summed E-state index contributed by atoms with van der Waals surface area (Å²) in [6.07, 6.45) is 3.34. The summed E-state index contributed by atoms with van der Waals surface area (Å²) in [5.41, 5.74) is 3.78. The molecule has 120 valence electrons. The van der Waals surface area contributed by atoms with Crippen LogP contribution in [0, 0.1) is 13.8 Å². The fourth-order valence-electron chi connectivity index (χ4n) is 2.40. The molecular formula is C19H21NO3. The SMILES string of the molecule is COc1cc(C)c(/C=C/C(=O)Nc2ccccc2OC)c(C)c1. The van der Waals surface area contributed by atoms with Gasteiger partial charge in [0.2, 0.25) is 5.91 Å². The molecule has 1 amide bonds. The summed E-state index contributed by atoms with van der Waals surface area (Å²) in [5, 5.41) is 2.82. The number of rotatable bonds is 5. The van der Waals surface area contributed by atoms with E-state index in [1.807, 2.05) is 44.2 Å². The third-order valence-corrected chi connectivity index (χ3v) is 3.57. The van der Waals surface area contributed by atoms with Gasteiger partial charge in [0, 0.05) is 6.08 Å². The second-order valence-corrected chi connectivity index (χ2v) is 5.20. The first kappa shape index (κ1) is 16.6. The van der Waals surface area contributed by atoms with Crippen molar-refractivity contribution < 1.29 is 14.3 Å². The molecule has 0 aliphatic carbocycles. The zero-order valence-corrected chi connectivity index (χ0v) is 13.8. The van der Waals surface area contributed by atoms with Crippen molar-refractivity contribution in [2.24, 2.45) is 0 Å².